The minimum atomic E-state index is -0.248. The maximum atomic E-state index is 10.7. The predicted molar refractivity (Wildman–Crippen MR) is 72.5 cm³/mol. The van der Waals surface area contributed by atoms with Crippen molar-refractivity contribution in [1.82, 2.24) is 5.32 Å². The molecule has 1 aromatic rings. The summed E-state index contributed by atoms with van der Waals surface area (Å²) in [5, 5.41) is 3.43. The van der Waals surface area contributed by atoms with Crippen molar-refractivity contribution in [3.63, 3.8) is 0 Å². The van der Waals surface area contributed by atoms with Crippen molar-refractivity contribution in [3.8, 4) is 5.75 Å². The van der Waals surface area contributed by atoms with E-state index in [1.807, 2.05) is 18.2 Å². The smallest absolute Gasteiger partial charge is 0.217 e. The second-order valence-corrected chi connectivity index (χ2v) is 4.23. The van der Waals surface area contributed by atoms with E-state index in [4.69, 9.17) is 10.5 Å². The van der Waals surface area contributed by atoms with E-state index in [1.165, 1.54) is 0 Å². The molecule has 18 heavy (non-hydrogen) atoms. The fourth-order valence-corrected chi connectivity index (χ4v) is 1.97. The van der Waals surface area contributed by atoms with Crippen LogP contribution in [0.5, 0.6) is 5.75 Å². The van der Waals surface area contributed by atoms with Crippen LogP contribution in [0.4, 0.5) is 0 Å². The quantitative estimate of drug-likeness (QED) is 0.694. The second-order valence-electron chi connectivity index (χ2n) is 4.23. The molecule has 0 spiro atoms. The Bertz CT molecular complexity index is 380. The standard InChI is InChI=1S/C14H22N2O2/c1-3-12(16-10-6-9-14(15)17)11-7-4-5-8-13(11)18-2/h4-5,7-8,12,16H,3,6,9-10H2,1-2H3,(H2,15,17). The molecule has 0 heterocycles. The van der Waals surface area contributed by atoms with Crippen molar-refractivity contribution in [2.75, 3.05) is 13.7 Å². The average Bonchev–Trinajstić information content (AvgIpc) is 2.38. The first-order valence-electron chi connectivity index (χ1n) is 6.33. The molecule has 0 saturated heterocycles. The van der Waals surface area contributed by atoms with E-state index in [0.29, 0.717) is 6.42 Å². The van der Waals surface area contributed by atoms with Gasteiger partial charge in [0, 0.05) is 18.0 Å². The van der Waals surface area contributed by atoms with Crippen molar-refractivity contribution in [2.45, 2.75) is 32.2 Å². The van der Waals surface area contributed by atoms with Crippen LogP contribution in [0.25, 0.3) is 0 Å². The molecule has 0 saturated carbocycles. The summed E-state index contributed by atoms with van der Waals surface area (Å²) in [6.07, 6.45) is 2.16. The molecule has 100 valence electrons. The lowest BCUT2D eigenvalue weighted by Gasteiger charge is -2.19. The number of methoxy groups -OCH3 is 1. The summed E-state index contributed by atoms with van der Waals surface area (Å²) in [4.78, 5) is 10.7. The van der Waals surface area contributed by atoms with Crippen LogP contribution in [0.1, 0.15) is 37.8 Å². The number of para-hydroxylation sites is 1. The van der Waals surface area contributed by atoms with Gasteiger partial charge in [-0.3, -0.25) is 4.79 Å². The van der Waals surface area contributed by atoms with Gasteiger partial charge < -0.3 is 15.8 Å². The maximum Gasteiger partial charge on any atom is 0.217 e. The highest BCUT2D eigenvalue weighted by Gasteiger charge is 2.12. The molecule has 0 bridgehead atoms. The van der Waals surface area contributed by atoms with Gasteiger partial charge in [-0.25, -0.2) is 0 Å². The van der Waals surface area contributed by atoms with E-state index in [2.05, 4.69) is 18.3 Å². The highest BCUT2D eigenvalue weighted by atomic mass is 16.5. The monoisotopic (exact) mass is 250 g/mol. The number of benzene rings is 1. The zero-order valence-corrected chi connectivity index (χ0v) is 11.1. The van der Waals surface area contributed by atoms with Gasteiger partial charge in [0.25, 0.3) is 0 Å². The second kappa shape index (κ2) is 7.71. The van der Waals surface area contributed by atoms with Crippen molar-refractivity contribution in [1.29, 1.82) is 0 Å². The van der Waals surface area contributed by atoms with Gasteiger partial charge in [-0.15, -0.1) is 0 Å². The van der Waals surface area contributed by atoms with Crippen LogP contribution < -0.4 is 15.8 Å². The third-order valence-corrected chi connectivity index (χ3v) is 2.91. The normalized spacial score (nSPS) is 12.1. The zero-order chi connectivity index (χ0) is 13.4. The Kier molecular flexibility index (Phi) is 6.22. The Morgan fingerprint density at radius 1 is 1.44 bits per heavy atom. The van der Waals surface area contributed by atoms with Crippen molar-refractivity contribution < 1.29 is 9.53 Å². The molecule has 3 N–H and O–H groups in total. The average molecular weight is 250 g/mol. The Morgan fingerprint density at radius 2 is 2.17 bits per heavy atom. The Morgan fingerprint density at radius 3 is 2.78 bits per heavy atom. The summed E-state index contributed by atoms with van der Waals surface area (Å²) in [6, 6.07) is 8.24. The van der Waals surface area contributed by atoms with Gasteiger partial charge in [0.15, 0.2) is 0 Å². The summed E-state index contributed by atoms with van der Waals surface area (Å²) in [7, 11) is 1.68. The van der Waals surface area contributed by atoms with E-state index in [0.717, 1.165) is 30.7 Å². The molecule has 1 atom stereocenters. The van der Waals surface area contributed by atoms with E-state index >= 15 is 0 Å². The number of nitrogens with one attached hydrogen (secondary N) is 1. The number of carbonyl (C=O) groups excluding carboxylic acids is 1. The molecule has 0 aliphatic rings. The fraction of sp³-hybridized carbons (Fsp3) is 0.500. The zero-order valence-electron chi connectivity index (χ0n) is 11.1. The van der Waals surface area contributed by atoms with E-state index in [1.54, 1.807) is 7.11 Å². The van der Waals surface area contributed by atoms with Crippen molar-refractivity contribution >= 4 is 5.91 Å². The molecule has 1 aromatic carbocycles. The molecular formula is C14H22N2O2. The number of hydrogen-bond acceptors (Lipinski definition) is 3. The summed E-state index contributed by atoms with van der Waals surface area (Å²) < 4.78 is 5.36. The van der Waals surface area contributed by atoms with Gasteiger partial charge in [-0.05, 0) is 25.5 Å². The predicted octanol–water partition coefficient (Wildman–Crippen LogP) is 2.00. The third kappa shape index (κ3) is 4.37. The van der Waals surface area contributed by atoms with Gasteiger partial charge in [0.05, 0.1) is 7.11 Å². The van der Waals surface area contributed by atoms with Crippen LogP contribution in [-0.2, 0) is 4.79 Å². The first-order valence-corrected chi connectivity index (χ1v) is 6.33. The first kappa shape index (κ1) is 14.5. The number of hydrogen-bond donors (Lipinski definition) is 2. The maximum absolute atomic E-state index is 10.7. The first-order chi connectivity index (χ1) is 8.69. The lowest BCUT2D eigenvalue weighted by atomic mass is 10.0. The van der Waals surface area contributed by atoms with E-state index in [-0.39, 0.29) is 11.9 Å². The Balaban J connectivity index is 2.57. The molecule has 0 aliphatic carbocycles. The molecule has 0 aliphatic heterocycles. The highest BCUT2D eigenvalue weighted by Crippen LogP contribution is 2.26. The van der Waals surface area contributed by atoms with Crippen LogP contribution in [0, 0.1) is 0 Å². The molecule has 4 nitrogen and oxygen atoms in total. The SMILES string of the molecule is CCC(NCCCC(N)=O)c1ccccc1OC. The minimum absolute atomic E-state index is 0.244. The number of rotatable bonds is 8. The lowest BCUT2D eigenvalue weighted by Crippen LogP contribution is -2.23. The number of nitrogens with two attached hydrogens (primary N) is 1. The lowest BCUT2D eigenvalue weighted by molar-refractivity contribution is -0.118. The number of carbonyl (C=O) groups is 1. The molecule has 1 amide bonds. The largest absolute Gasteiger partial charge is 0.496 e. The molecule has 4 heteroatoms. The minimum Gasteiger partial charge on any atom is -0.496 e. The number of ether oxygens (including phenoxy) is 1. The highest BCUT2D eigenvalue weighted by molar-refractivity contribution is 5.73. The molecular weight excluding hydrogens is 228 g/mol. The van der Waals surface area contributed by atoms with Crippen molar-refractivity contribution in [2.24, 2.45) is 5.73 Å². The van der Waals surface area contributed by atoms with Gasteiger partial charge in [-0.1, -0.05) is 25.1 Å². The van der Waals surface area contributed by atoms with Crippen LogP contribution in [0.2, 0.25) is 0 Å². The van der Waals surface area contributed by atoms with Crippen LogP contribution in [-0.4, -0.2) is 19.6 Å². The fourth-order valence-electron chi connectivity index (χ4n) is 1.97. The molecule has 1 unspecified atom stereocenters. The van der Waals surface area contributed by atoms with E-state index < -0.39 is 0 Å². The Hall–Kier alpha value is -1.55. The summed E-state index contributed by atoms with van der Waals surface area (Å²) in [6.45, 7) is 2.90. The van der Waals surface area contributed by atoms with Gasteiger partial charge in [-0.2, -0.15) is 0 Å². The van der Waals surface area contributed by atoms with E-state index in [9.17, 15) is 4.79 Å². The summed E-state index contributed by atoms with van der Waals surface area (Å²) in [5.74, 6) is 0.647. The van der Waals surface area contributed by atoms with Gasteiger partial charge >= 0.3 is 0 Å². The summed E-state index contributed by atoms with van der Waals surface area (Å²) >= 11 is 0. The number of amides is 1. The van der Waals surface area contributed by atoms with Crippen LogP contribution >= 0.6 is 0 Å². The van der Waals surface area contributed by atoms with Gasteiger partial charge in [0.2, 0.25) is 5.91 Å². The van der Waals surface area contributed by atoms with Crippen LogP contribution in [0.3, 0.4) is 0 Å². The molecule has 0 aromatic heterocycles. The van der Waals surface area contributed by atoms with Crippen LogP contribution in [0.15, 0.2) is 24.3 Å². The van der Waals surface area contributed by atoms with Gasteiger partial charge in [0.1, 0.15) is 5.75 Å². The summed E-state index contributed by atoms with van der Waals surface area (Å²) in [5.41, 5.74) is 6.27. The molecule has 0 fully saturated rings. The molecule has 0 radical (unpaired) electrons. The third-order valence-electron chi connectivity index (χ3n) is 2.91. The number of primary amides is 1. The van der Waals surface area contributed by atoms with Crippen molar-refractivity contribution in [3.05, 3.63) is 29.8 Å². The molecule has 1 rings (SSSR count). The topological polar surface area (TPSA) is 64.3 Å². The Labute approximate surface area is 109 Å².